The average molecular weight is 339 g/mol. The lowest BCUT2D eigenvalue weighted by Crippen LogP contribution is -1.98. The van der Waals surface area contributed by atoms with Gasteiger partial charge in [0, 0.05) is 12.1 Å². The first-order chi connectivity index (χ1) is 12.2. The highest BCUT2D eigenvalue weighted by molar-refractivity contribution is 5.83. The number of nitriles is 1. The Labute approximate surface area is 148 Å². The zero-order valence-electron chi connectivity index (χ0n) is 14.8. The highest BCUT2D eigenvalue weighted by atomic mass is 16.5. The van der Waals surface area contributed by atoms with E-state index in [-0.39, 0.29) is 0 Å². The van der Waals surface area contributed by atoms with Gasteiger partial charge in [0.1, 0.15) is 11.5 Å². The minimum absolute atomic E-state index is 0.518. The number of allylic oxidation sites excluding steroid dienone is 1. The number of benzene rings is 2. The Bertz CT molecular complexity index is 784. The summed E-state index contributed by atoms with van der Waals surface area (Å²) in [6.07, 6.45) is 1.49. The lowest BCUT2D eigenvalue weighted by Gasteiger charge is -2.14. The van der Waals surface area contributed by atoms with E-state index < -0.39 is 0 Å². The van der Waals surface area contributed by atoms with Gasteiger partial charge in [-0.25, -0.2) is 0 Å². The summed E-state index contributed by atoms with van der Waals surface area (Å²) >= 11 is 0. The maximum atomic E-state index is 9.24. The van der Waals surface area contributed by atoms with Gasteiger partial charge in [0.25, 0.3) is 0 Å². The Kier molecular flexibility index (Phi) is 6.30. The summed E-state index contributed by atoms with van der Waals surface area (Å²) < 4.78 is 21.6. The molecule has 0 spiro atoms. The van der Waals surface area contributed by atoms with E-state index in [2.05, 4.69) is 6.07 Å². The van der Waals surface area contributed by atoms with Gasteiger partial charge in [-0.05, 0) is 47.9 Å². The van der Waals surface area contributed by atoms with Crippen molar-refractivity contribution in [2.75, 3.05) is 27.9 Å². The highest BCUT2D eigenvalue weighted by Crippen LogP contribution is 2.35. The van der Waals surface area contributed by atoms with E-state index in [1.807, 2.05) is 37.3 Å². The van der Waals surface area contributed by atoms with Gasteiger partial charge < -0.3 is 18.9 Å². The molecule has 0 radical (unpaired) electrons. The largest absolute Gasteiger partial charge is 0.497 e. The summed E-state index contributed by atoms with van der Waals surface area (Å²) in [5.74, 6) is 2.57. The topological polar surface area (TPSA) is 60.7 Å². The Morgan fingerprint density at radius 3 is 2.12 bits per heavy atom. The van der Waals surface area contributed by atoms with Crippen molar-refractivity contribution in [3.05, 3.63) is 53.6 Å². The molecule has 0 aliphatic carbocycles. The molecule has 25 heavy (non-hydrogen) atoms. The monoisotopic (exact) mass is 339 g/mol. The minimum atomic E-state index is 0.518. The molecule has 2 aromatic rings. The number of hydrogen-bond donors (Lipinski definition) is 0. The van der Waals surface area contributed by atoms with E-state index in [1.54, 1.807) is 27.4 Å². The number of rotatable bonds is 7. The third kappa shape index (κ3) is 4.24. The minimum Gasteiger partial charge on any atom is -0.497 e. The molecule has 5 heteroatoms. The summed E-state index contributed by atoms with van der Waals surface area (Å²) in [6.45, 7) is 2.43. The summed E-state index contributed by atoms with van der Waals surface area (Å²) in [4.78, 5) is 0. The normalized spacial score (nSPS) is 10.8. The van der Waals surface area contributed by atoms with Crippen LogP contribution in [0.5, 0.6) is 23.0 Å². The number of methoxy groups -OCH3 is 3. The quantitative estimate of drug-likeness (QED) is 0.712. The Morgan fingerprint density at radius 1 is 0.920 bits per heavy atom. The first-order valence-electron chi connectivity index (χ1n) is 7.81. The summed E-state index contributed by atoms with van der Waals surface area (Å²) in [5, 5.41) is 9.24. The van der Waals surface area contributed by atoms with Crippen LogP contribution in [-0.2, 0) is 0 Å². The second kappa shape index (κ2) is 8.65. The van der Waals surface area contributed by atoms with Crippen LogP contribution in [0.4, 0.5) is 0 Å². The molecule has 0 saturated heterocycles. The van der Waals surface area contributed by atoms with Crippen molar-refractivity contribution >= 4 is 5.57 Å². The van der Waals surface area contributed by atoms with Crippen LogP contribution in [0.2, 0.25) is 0 Å². The second-order valence-corrected chi connectivity index (χ2v) is 5.09. The number of nitrogens with zero attached hydrogens (tertiary/aromatic N) is 1. The van der Waals surface area contributed by atoms with Crippen molar-refractivity contribution in [1.82, 2.24) is 0 Å². The molecule has 5 nitrogen and oxygen atoms in total. The smallest absolute Gasteiger partial charge is 0.161 e. The van der Waals surface area contributed by atoms with Crippen molar-refractivity contribution < 1.29 is 18.9 Å². The fourth-order valence-corrected chi connectivity index (χ4v) is 2.47. The van der Waals surface area contributed by atoms with E-state index in [9.17, 15) is 5.26 Å². The van der Waals surface area contributed by atoms with Gasteiger partial charge in [-0.3, -0.25) is 0 Å². The van der Waals surface area contributed by atoms with Crippen LogP contribution in [0.25, 0.3) is 5.57 Å². The SMILES string of the molecule is CCOc1cc(/C(=C/C#N)c2cc(OC)cc(OC)c2)ccc1OC. The molecule has 0 saturated carbocycles. The zero-order chi connectivity index (χ0) is 18.2. The Balaban J connectivity index is 2.58. The molecule has 0 amide bonds. The Morgan fingerprint density at radius 2 is 1.60 bits per heavy atom. The van der Waals surface area contributed by atoms with Crippen LogP contribution < -0.4 is 18.9 Å². The molecular formula is C20H21NO4. The third-order valence-corrected chi connectivity index (χ3v) is 3.65. The van der Waals surface area contributed by atoms with Gasteiger partial charge in [-0.2, -0.15) is 5.26 Å². The van der Waals surface area contributed by atoms with Crippen LogP contribution in [0.1, 0.15) is 18.1 Å². The van der Waals surface area contributed by atoms with Gasteiger partial charge in [0.05, 0.1) is 34.0 Å². The van der Waals surface area contributed by atoms with E-state index >= 15 is 0 Å². The summed E-state index contributed by atoms with van der Waals surface area (Å²) in [7, 11) is 4.77. The molecule has 130 valence electrons. The predicted octanol–water partition coefficient (Wildman–Crippen LogP) is 4.07. The van der Waals surface area contributed by atoms with E-state index in [0.717, 1.165) is 16.7 Å². The van der Waals surface area contributed by atoms with Gasteiger partial charge in [0.15, 0.2) is 11.5 Å². The van der Waals surface area contributed by atoms with Crippen LogP contribution in [-0.4, -0.2) is 27.9 Å². The number of ether oxygens (including phenoxy) is 4. The molecule has 0 unspecified atom stereocenters. The van der Waals surface area contributed by atoms with Crippen LogP contribution in [0.15, 0.2) is 42.5 Å². The zero-order valence-corrected chi connectivity index (χ0v) is 14.8. The van der Waals surface area contributed by atoms with E-state index in [4.69, 9.17) is 18.9 Å². The molecule has 0 N–H and O–H groups in total. The van der Waals surface area contributed by atoms with E-state index in [1.165, 1.54) is 6.08 Å². The number of hydrogen-bond acceptors (Lipinski definition) is 5. The third-order valence-electron chi connectivity index (χ3n) is 3.65. The van der Waals surface area contributed by atoms with Gasteiger partial charge in [-0.1, -0.05) is 6.07 Å². The highest BCUT2D eigenvalue weighted by Gasteiger charge is 2.13. The fraction of sp³-hybridized carbons (Fsp3) is 0.250. The molecule has 0 fully saturated rings. The molecule has 0 aliphatic heterocycles. The molecular weight excluding hydrogens is 318 g/mol. The fourth-order valence-electron chi connectivity index (χ4n) is 2.47. The molecule has 2 rings (SSSR count). The lowest BCUT2D eigenvalue weighted by molar-refractivity contribution is 0.311. The predicted molar refractivity (Wildman–Crippen MR) is 96.4 cm³/mol. The Hall–Kier alpha value is -3.13. The summed E-state index contributed by atoms with van der Waals surface area (Å²) in [5.41, 5.74) is 2.38. The van der Waals surface area contributed by atoms with Gasteiger partial charge in [0.2, 0.25) is 0 Å². The van der Waals surface area contributed by atoms with Gasteiger partial charge >= 0.3 is 0 Å². The molecule has 0 bridgehead atoms. The van der Waals surface area contributed by atoms with Crippen molar-refractivity contribution in [1.29, 1.82) is 5.26 Å². The van der Waals surface area contributed by atoms with Crippen molar-refractivity contribution in [2.24, 2.45) is 0 Å². The molecule has 0 aromatic heterocycles. The summed E-state index contributed by atoms with van der Waals surface area (Å²) in [6, 6.07) is 13.2. The molecule has 0 aliphatic rings. The van der Waals surface area contributed by atoms with E-state index in [0.29, 0.717) is 29.6 Å². The maximum Gasteiger partial charge on any atom is 0.161 e. The van der Waals surface area contributed by atoms with Crippen LogP contribution >= 0.6 is 0 Å². The van der Waals surface area contributed by atoms with Crippen molar-refractivity contribution in [2.45, 2.75) is 6.92 Å². The van der Waals surface area contributed by atoms with Crippen LogP contribution in [0, 0.1) is 11.3 Å². The second-order valence-electron chi connectivity index (χ2n) is 5.09. The first-order valence-corrected chi connectivity index (χ1v) is 7.81. The van der Waals surface area contributed by atoms with Gasteiger partial charge in [-0.15, -0.1) is 0 Å². The first kappa shape index (κ1) is 18.2. The van der Waals surface area contributed by atoms with Crippen LogP contribution in [0.3, 0.4) is 0 Å². The molecule has 0 heterocycles. The maximum absolute atomic E-state index is 9.24. The van der Waals surface area contributed by atoms with Crippen molar-refractivity contribution in [3.63, 3.8) is 0 Å². The van der Waals surface area contributed by atoms with Crippen molar-refractivity contribution in [3.8, 4) is 29.1 Å². The molecule has 0 atom stereocenters. The standard InChI is InChI=1S/C20H21NO4/c1-5-25-20-12-14(6-7-19(20)24-4)18(8-9-21)15-10-16(22-2)13-17(11-15)23-3/h6-8,10-13H,5H2,1-4H3/b18-8-. The lowest BCUT2D eigenvalue weighted by atomic mass is 9.96. The molecule has 2 aromatic carbocycles. The average Bonchev–Trinajstić information content (AvgIpc) is 2.65.